The molecule has 3 N–H and O–H groups in total. The third-order valence-electron chi connectivity index (χ3n) is 4.49. The highest BCUT2D eigenvalue weighted by molar-refractivity contribution is 6.31. The number of benzene rings is 1. The number of hydrogen-bond acceptors (Lipinski definition) is 2. The van der Waals surface area contributed by atoms with Crippen LogP contribution in [0.15, 0.2) is 12.1 Å². The van der Waals surface area contributed by atoms with Gasteiger partial charge in [-0.3, -0.25) is 0 Å². The van der Waals surface area contributed by atoms with Crippen molar-refractivity contribution in [3.05, 3.63) is 33.8 Å². The molecule has 3 unspecified atom stereocenters. The van der Waals surface area contributed by atoms with Crippen molar-refractivity contribution in [2.45, 2.75) is 32.6 Å². The molecule has 2 aliphatic rings. The van der Waals surface area contributed by atoms with Crippen LogP contribution < -0.4 is 10.6 Å². The molecule has 4 nitrogen and oxygen atoms in total. The lowest BCUT2D eigenvalue weighted by molar-refractivity contribution is 0.195. The van der Waals surface area contributed by atoms with Gasteiger partial charge in [-0.05, 0) is 55.0 Å². The lowest BCUT2D eigenvalue weighted by Crippen LogP contribution is -2.19. The molecule has 1 heterocycles. The van der Waals surface area contributed by atoms with Gasteiger partial charge in [-0.25, -0.2) is 4.79 Å². The molecular formula is C16H23ClN2O2. The minimum Gasteiger partial charge on any atom is -0.465 e. The fraction of sp³-hybridized carbons (Fsp3) is 0.562. The average Bonchev–Trinajstić information content (AvgIpc) is 2.97. The number of nitrogens with one attached hydrogen (secondary N) is 2. The molecule has 3 atom stereocenters. The van der Waals surface area contributed by atoms with Crippen LogP contribution in [-0.2, 0) is 0 Å². The van der Waals surface area contributed by atoms with Gasteiger partial charge in [0.1, 0.15) is 0 Å². The molecule has 0 spiro atoms. The van der Waals surface area contributed by atoms with Crippen molar-refractivity contribution in [1.82, 2.24) is 10.6 Å². The average molecular weight is 311 g/mol. The molecule has 21 heavy (non-hydrogen) atoms. The predicted molar refractivity (Wildman–Crippen MR) is 85.4 cm³/mol. The summed E-state index contributed by atoms with van der Waals surface area (Å²) >= 11 is 6.21. The quantitative estimate of drug-likeness (QED) is 0.745. The highest BCUT2D eigenvalue weighted by Crippen LogP contribution is 2.49. The van der Waals surface area contributed by atoms with Crippen LogP contribution in [0.3, 0.4) is 0 Å². The van der Waals surface area contributed by atoms with Crippen LogP contribution in [0.1, 0.15) is 42.4 Å². The molecule has 1 fully saturated rings. The fourth-order valence-electron chi connectivity index (χ4n) is 3.38. The first-order chi connectivity index (χ1) is 9.95. The minimum atomic E-state index is -0.961. The Hall–Kier alpha value is -1.26. The molecule has 1 saturated heterocycles. The largest absolute Gasteiger partial charge is 0.465 e. The Morgan fingerprint density at radius 2 is 2.14 bits per heavy atom. The summed E-state index contributed by atoms with van der Waals surface area (Å²) in [7, 11) is 0. The fourth-order valence-corrected chi connectivity index (χ4v) is 3.55. The van der Waals surface area contributed by atoms with Crippen LogP contribution >= 0.6 is 11.6 Å². The normalized spacial score (nSPS) is 25.6. The van der Waals surface area contributed by atoms with E-state index in [0.717, 1.165) is 24.0 Å². The maximum Gasteiger partial charge on any atom is 0.404 e. The molecule has 1 aliphatic heterocycles. The molecule has 0 radical (unpaired) electrons. The van der Waals surface area contributed by atoms with Gasteiger partial charge < -0.3 is 15.7 Å². The number of carboxylic acid groups (broad SMARTS) is 1. The Morgan fingerprint density at radius 3 is 2.71 bits per heavy atom. The van der Waals surface area contributed by atoms with Crippen molar-refractivity contribution < 1.29 is 9.90 Å². The van der Waals surface area contributed by atoms with Gasteiger partial charge in [-0.1, -0.05) is 24.6 Å². The van der Waals surface area contributed by atoms with Crippen LogP contribution in [0.25, 0.3) is 0 Å². The predicted octanol–water partition coefficient (Wildman–Crippen LogP) is 3.34. The molecule has 1 aliphatic carbocycles. The summed E-state index contributed by atoms with van der Waals surface area (Å²) in [5.41, 5.74) is 4.25. The first kappa shape index (κ1) is 16.1. The van der Waals surface area contributed by atoms with E-state index < -0.39 is 6.09 Å². The van der Waals surface area contributed by atoms with Crippen LogP contribution in [-0.4, -0.2) is 30.8 Å². The van der Waals surface area contributed by atoms with E-state index in [4.69, 9.17) is 16.7 Å². The number of hydrogen-bond donors (Lipinski definition) is 3. The molecule has 116 valence electrons. The molecule has 0 bridgehead atoms. The first-order valence-corrected chi connectivity index (χ1v) is 7.81. The van der Waals surface area contributed by atoms with E-state index in [2.05, 4.69) is 36.6 Å². The molecule has 1 aromatic rings. The van der Waals surface area contributed by atoms with Gasteiger partial charge >= 0.3 is 6.09 Å². The first-order valence-electron chi connectivity index (χ1n) is 7.43. The standard InChI is InChI=1S/C13H16ClN.C3H7NO2/c1-7-3-9-8(2)11-5-15-6-12(11)10(9)4-13(7)14;1-2-4-3(5)6/h3-4,8,11-12,15H,5-6H2,1-2H3;4H,2H2,1H3,(H,5,6). The van der Waals surface area contributed by atoms with Crippen molar-refractivity contribution in [3.63, 3.8) is 0 Å². The number of aryl methyl sites for hydroxylation is 1. The summed E-state index contributed by atoms with van der Waals surface area (Å²) in [5, 5.41) is 14.3. The minimum absolute atomic E-state index is 0.481. The van der Waals surface area contributed by atoms with Crippen LogP contribution in [0.5, 0.6) is 0 Å². The highest BCUT2D eigenvalue weighted by atomic mass is 35.5. The van der Waals surface area contributed by atoms with Crippen LogP contribution in [0.2, 0.25) is 5.02 Å². The van der Waals surface area contributed by atoms with Gasteiger partial charge in [0.25, 0.3) is 0 Å². The molecule has 3 rings (SSSR count). The second-order valence-electron chi connectivity index (χ2n) is 5.78. The molecule has 0 aromatic heterocycles. The number of rotatable bonds is 1. The molecular weight excluding hydrogens is 288 g/mol. The van der Waals surface area contributed by atoms with Gasteiger partial charge in [0.15, 0.2) is 0 Å². The van der Waals surface area contributed by atoms with E-state index in [0.29, 0.717) is 18.4 Å². The molecule has 1 aromatic carbocycles. The van der Waals surface area contributed by atoms with Gasteiger partial charge in [0, 0.05) is 24.0 Å². The zero-order valence-corrected chi connectivity index (χ0v) is 13.5. The van der Waals surface area contributed by atoms with Crippen molar-refractivity contribution >= 4 is 17.7 Å². The van der Waals surface area contributed by atoms with E-state index in [1.54, 1.807) is 6.92 Å². The topological polar surface area (TPSA) is 61.4 Å². The summed E-state index contributed by atoms with van der Waals surface area (Å²) in [6.07, 6.45) is -0.961. The summed E-state index contributed by atoms with van der Waals surface area (Å²) in [5.74, 6) is 2.18. The van der Waals surface area contributed by atoms with Crippen molar-refractivity contribution in [3.8, 4) is 0 Å². The summed E-state index contributed by atoms with van der Waals surface area (Å²) in [6, 6.07) is 4.49. The number of halogens is 1. The van der Waals surface area contributed by atoms with Crippen LogP contribution in [0, 0.1) is 12.8 Å². The van der Waals surface area contributed by atoms with E-state index in [1.807, 2.05) is 0 Å². The zero-order valence-electron chi connectivity index (χ0n) is 12.7. The van der Waals surface area contributed by atoms with Crippen molar-refractivity contribution in [2.75, 3.05) is 19.6 Å². The lowest BCUT2D eigenvalue weighted by Gasteiger charge is -2.12. The Morgan fingerprint density at radius 1 is 1.43 bits per heavy atom. The summed E-state index contributed by atoms with van der Waals surface area (Å²) in [6.45, 7) is 8.95. The van der Waals surface area contributed by atoms with Gasteiger partial charge in [-0.2, -0.15) is 0 Å². The van der Waals surface area contributed by atoms with E-state index in [9.17, 15) is 4.79 Å². The smallest absolute Gasteiger partial charge is 0.404 e. The van der Waals surface area contributed by atoms with Gasteiger partial charge in [0.2, 0.25) is 0 Å². The van der Waals surface area contributed by atoms with Crippen LogP contribution in [0.4, 0.5) is 4.79 Å². The lowest BCUT2D eigenvalue weighted by atomic mass is 9.91. The maximum absolute atomic E-state index is 9.49. The highest BCUT2D eigenvalue weighted by Gasteiger charge is 2.41. The second kappa shape index (κ2) is 6.67. The zero-order chi connectivity index (χ0) is 15.6. The Kier molecular flexibility index (Phi) is 5.12. The van der Waals surface area contributed by atoms with Gasteiger partial charge in [-0.15, -0.1) is 0 Å². The third kappa shape index (κ3) is 3.33. The van der Waals surface area contributed by atoms with E-state index >= 15 is 0 Å². The SMILES string of the molecule is CCNC(=O)O.Cc1cc2c(cc1Cl)C1CNCC1C2C. The van der Waals surface area contributed by atoms with Crippen molar-refractivity contribution in [1.29, 1.82) is 0 Å². The van der Waals surface area contributed by atoms with E-state index in [1.165, 1.54) is 16.7 Å². The Balaban J connectivity index is 0.000000232. The summed E-state index contributed by atoms with van der Waals surface area (Å²) in [4.78, 5) is 9.49. The molecule has 1 amide bonds. The van der Waals surface area contributed by atoms with Crippen molar-refractivity contribution in [2.24, 2.45) is 5.92 Å². The van der Waals surface area contributed by atoms with Gasteiger partial charge in [0.05, 0.1) is 0 Å². The maximum atomic E-state index is 9.49. The monoisotopic (exact) mass is 310 g/mol. The third-order valence-corrected chi connectivity index (χ3v) is 4.89. The molecule has 0 saturated carbocycles. The van der Waals surface area contributed by atoms with E-state index in [-0.39, 0.29) is 0 Å². The number of amides is 1. The Labute approximate surface area is 130 Å². The molecule has 5 heteroatoms. The number of carbonyl (C=O) groups is 1. The Bertz CT molecular complexity index is 533. The number of fused-ring (bicyclic) bond motifs is 3. The second-order valence-corrected chi connectivity index (χ2v) is 6.19. The summed E-state index contributed by atoms with van der Waals surface area (Å²) < 4.78 is 0.